The van der Waals surface area contributed by atoms with Crippen LogP contribution in [0.1, 0.15) is 22.6 Å². The molecular formula is C23H19N3O3. The highest BCUT2D eigenvalue weighted by atomic mass is 16.5. The predicted octanol–water partition coefficient (Wildman–Crippen LogP) is 3.38. The second-order valence-corrected chi connectivity index (χ2v) is 6.44. The number of carbonyl (C=O) groups is 1. The topological polar surface area (TPSA) is 73.3 Å². The molecule has 0 spiro atoms. The van der Waals surface area contributed by atoms with Gasteiger partial charge in [0.15, 0.2) is 0 Å². The van der Waals surface area contributed by atoms with Crippen LogP contribution in [-0.2, 0) is 4.74 Å². The molecule has 1 aromatic heterocycles. The Morgan fingerprint density at radius 3 is 2.28 bits per heavy atom. The lowest BCUT2D eigenvalue weighted by atomic mass is 9.98. The molecule has 0 atom stereocenters. The highest BCUT2D eigenvalue weighted by molar-refractivity contribution is 5.79. The minimum Gasteiger partial charge on any atom is -0.467 e. The Hall–Kier alpha value is -3.85. The van der Waals surface area contributed by atoms with Crippen molar-refractivity contribution in [2.24, 2.45) is 0 Å². The molecular weight excluding hydrogens is 366 g/mol. The molecule has 29 heavy (non-hydrogen) atoms. The molecule has 6 nitrogen and oxygen atoms in total. The number of ether oxygens (including phenoxy) is 2. The van der Waals surface area contributed by atoms with Crippen LogP contribution in [0.5, 0.6) is 6.01 Å². The summed E-state index contributed by atoms with van der Waals surface area (Å²) >= 11 is 0. The number of hydrogen-bond acceptors (Lipinski definition) is 5. The summed E-state index contributed by atoms with van der Waals surface area (Å²) in [6, 6.07) is 16.7. The van der Waals surface area contributed by atoms with E-state index in [-0.39, 0.29) is 25.1 Å². The Balaban J connectivity index is 1.33. The van der Waals surface area contributed by atoms with Crippen molar-refractivity contribution in [2.75, 3.05) is 20.3 Å². The smallest absolute Gasteiger partial charge is 0.407 e. The van der Waals surface area contributed by atoms with Gasteiger partial charge >= 0.3 is 12.1 Å². The molecule has 0 bridgehead atoms. The SMILES string of the molecule is COc1ncc(C#CCNC(=O)OCC2c3ccccc3-c3ccccc32)cn1. The number of amides is 1. The molecule has 144 valence electrons. The zero-order chi connectivity index (χ0) is 20.1. The van der Waals surface area contributed by atoms with Crippen LogP contribution in [0.4, 0.5) is 4.79 Å². The zero-order valence-corrected chi connectivity index (χ0v) is 15.9. The standard InChI is InChI=1S/C23H19N3O3/c1-28-22-25-13-16(14-26-22)7-6-12-24-23(27)29-15-21-19-10-4-2-8-17(19)18-9-3-5-11-20(18)21/h2-5,8-11,13-14,21H,12,15H2,1H3,(H,24,27). The first kappa shape index (κ1) is 18.5. The van der Waals surface area contributed by atoms with E-state index in [1.807, 2.05) is 24.3 Å². The summed E-state index contributed by atoms with van der Waals surface area (Å²) in [7, 11) is 1.50. The van der Waals surface area contributed by atoms with Gasteiger partial charge in [-0.05, 0) is 22.3 Å². The second-order valence-electron chi connectivity index (χ2n) is 6.44. The van der Waals surface area contributed by atoms with Crippen molar-refractivity contribution in [3.63, 3.8) is 0 Å². The van der Waals surface area contributed by atoms with E-state index < -0.39 is 6.09 Å². The fraction of sp³-hybridized carbons (Fsp3) is 0.174. The summed E-state index contributed by atoms with van der Waals surface area (Å²) in [6.45, 7) is 0.447. The van der Waals surface area contributed by atoms with Gasteiger partial charge in [-0.1, -0.05) is 60.4 Å². The van der Waals surface area contributed by atoms with Crippen molar-refractivity contribution < 1.29 is 14.3 Å². The lowest BCUT2D eigenvalue weighted by molar-refractivity contribution is 0.144. The van der Waals surface area contributed by atoms with Gasteiger partial charge in [-0.25, -0.2) is 14.8 Å². The third kappa shape index (κ3) is 4.04. The van der Waals surface area contributed by atoms with Crippen molar-refractivity contribution >= 4 is 6.09 Å². The van der Waals surface area contributed by atoms with Crippen molar-refractivity contribution in [3.05, 3.63) is 77.6 Å². The molecule has 0 aliphatic heterocycles. The summed E-state index contributed by atoms with van der Waals surface area (Å²) < 4.78 is 10.4. The molecule has 1 aliphatic rings. The van der Waals surface area contributed by atoms with E-state index in [1.165, 1.54) is 29.4 Å². The first-order valence-electron chi connectivity index (χ1n) is 9.20. The molecule has 0 saturated heterocycles. The predicted molar refractivity (Wildman–Crippen MR) is 109 cm³/mol. The third-order valence-corrected chi connectivity index (χ3v) is 4.71. The maximum atomic E-state index is 12.1. The average Bonchev–Trinajstić information content (AvgIpc) is 3.09. The van der Waals surface area contributed by atoms with Gasteiger partial charge in [0.2, 0.25) is 0 Å². The number of nitrogens with zero attached hydrogens (tertiary/aromatic N) is 2. The van der Waals surface area contributed by atoms with Crippen LogP contribution in [0.15, 0.2) is 60.9 Å². The van der Waals surface area contributed by atoms with E-state index in [0.29, 0.717) is 5.56 Å². The van der Waals surface area contributed by atoms with E-state index in [1.54, 1.807) is 12.4 Å². The van der Waals surface area contributed by atoms with Crippen molar-refractivity contribution in [2.45, 2.75) is 5.92 Å². The van der Waals surface area contributed by atoms with Gasteiger partial charge in [-0.2, -0.15) is 0 Å². The van der Waals surface area contributed by atoms with Gasteiger partial charge < -0.3 is 14.8 Å². The second kappa shape index (κ2) is 8.44. The molecule has 3 aromatic rings. The summed E-state index contributed by atoms with van der Waals surface area (Å²) in [5, 5.41) is 2.65. The number of aromatic nitrogens is 2. The molecule has 1 amide bonds. The lowest BCUT2D eigenvalue weighted by Gasteiger charge is -2.14. The van der Waals surface area contributed by atoms with E-state index in [9.17, 15) is 4.79 Å². The molecule has 1 N–H and O–H groups in total. The summed E-state index contributed by atoms with van der Waals surface area (Å²) in [6.07, 6.45) is 2.63. The van der Waals surface area contributed by atoms with Crippen LogP contribution in [0.25, 0.3) is 11.1 Å². The van der Waals surface area contributed by atoms with Crippen LogP contribution >= 0.6 is 0 Å². The molecule has 0 unspecified atom stereocenters. The number of fused-ring (bicyclic) bond motifs is 3. The number of nitrogens with one attached hydrogen (secondary N) is 1. The first-order chi connectivity index (χ1) is 14.3. The summed E-state index contributed by atoms with van der Waals surface area (Å²) in [4.78, 5) is 20.0. The molecule has 0 fully saturated rings. The monoisotopic (exact) mass is 385 g/mol. The Labute approximate surface area is 168 Å². The first-order valence-corrected chi connectivity index (χ1v) is 9.20. The van der Waals surface area contributed by atoms with Crippen molar-refractivity contribution in [3.8, 4) is 29.0 Å². The van der Waals surface area contributed by atoms with Crippen LogP contribution < -0.4 is 10.1 Å². The molecule has 4 rings (SSSR count). The summed E-state index contributed by atoms with van der Waals surface area (Å²) in [5.41, 5.74) is 5.40. The lowest BCUT2D eigenvalue weighted by Crippen LogP contribution is -2.26. The normalized spacial score (nSPS) is 11.6. The minimum absolute atomic E-state index is 0.0377. The molecule has 6 heteroatoms. The highest BCUT2D eigenvalue weighted by Gasteiger charge is 2.28. The van der Waals surface area contributed by atoms with Crippen LogP contribution in [0, 0.1) is 11.8 Å². The number of hydrogen-bond donors (Lipinski definition) is 1. The fourth-order valence-electron chi connectivity index (χ4n) is 3.40. The fourth-order valence-corrected chi connectivity index (χ4v) is 3.40. The highest BCUT2D eigenvalue weighted by Crippen LogP contribution is 2.44. The quantitative estimate of drug-likeness (QED) is 0.697. The maximum Gasteiger partial charge on any atom is 0.407 e. The maximum absolute atomic E-state index is 12.1. The summed E-state index contributed by atoms with van der Waals surface area (Å²) in [5.74, 6) is 5.76. The van der Waals surface area contributed by atoms with E-state index in [2.05, 4.69) is 51.4 Å². The number of methoxy groups -OCH3 is 1. The van der Waals surface area contributed by atoms with Crippen molar-refractivity contribution in [1.82, 2.24) is 15.3 Å². The number of alkyl carbamates (subject to hydrolysis) is 1. The van der Waals surface area contributed by atoms with Gasteiger partial charge in [0.25, 0.3) is 0 Å². The van der Waals surface area contributed by atoms with Crippen molar-refractivity contribution in [1.29, 1.82) is 0 Å². The van der Waals surface area contributed by atoms with Gasteiger partial charge in [0, 0.05) is 18.3 Å². The molecule has 0 radical (unpaired) electrons. The zero-order valence-electron chi connectivity index (χ0n) is 15.9. The Kier molecular flexibility index (Phi) is 5.39. The number of carbonyl (C=O) groups excluding carboxylic acids is 1. The largest absolute Gasteiger partial charge is 0.467 e. The Morgan fingerprint density at radius 1 is 1.03 bits per heavy atom. The van der Waals surface area contributed by atoms with E-state index in [0.717, 1.165) is 0 Å². The van der Waals surface area contributed by atoms with Gasteiger partial charge in [-0.3, -0.25) is 0 Å². The molecule has 0 saturated carbocycles. The van der Waals surface area contributed by atoms with Crippen LogP contribution in [0.3, 0.4) is 0 Å². The van der Waals surface area contributed by atoms with Crippen LogP contribution in [-0.4, -0.2) is 36.3 Å². The molecule has 2 aromatic carbocycles. The van der Waals surface area contributed by atoms with E-state index >= 15 is 0 Å². The molecule has 1 heterocycles. The third-order valence-electron chi connectivity index (χ3n) is 4.71. The Bertz CT molecular complexity index is 1040. The van der Waals surface area contributed by atoms with E-state index in [4.69, 9.17) is 9.47 Å². The van der Waals surface area contributed by atoms with Gasteiger partial charge in [0.1, 0.15) is 6.61 Å². The number of rotatable bonds is 4. The average molecular weight is 385 g/mol. The van der Waals surface area contributed by atoms with Crippen LogP contribution in [0.2, 0.25) is 0 Å². The number of benzene rings is 2. The van der Waals surface area contributed by atoms with Gasteiger partial charge in [-0.15, -0.1) is 0 Å². The minimum atomic E-state index is -0.493. The molecule has 1 aliphatic carbocycles. The van der Waals surface area contributed by atoms with Gasteiger partial charge in [0.05, 0.1) is 19.2 Å². The Morgan fingerprint density at radius 2 is 1.66 bits per heavy atom.